The van der Waals surface area contributed by atoms with E-state index in [-0.39, 0.29) is 23.1 Å². The Morgan fingerprint density at radius 1 is 0.977 bits per heavy atom. The highest BCUT2D eigenvalue weighted by atomic mass is 32.2. The lowest BCUT2D eigenvalue weighted by Gasteiger charge is -2.20. The van der Waals surface area contributed by atoms with Gasteiger partial charge in [0.05, 0.1) is 24.1 Å². The fourth-order valence-electron chi connectivity index (χ4n) is 4.45. The number of pyridine rings is 1. The topological polar surface area (TPSA) is 112 Å². The number of hydrogen-bond donors (Lipinski definition) is 1. The van der Waals surface area contributed by atoms with Gasteiger partial charge in [0.25, 0.3) is 0 Å². The lowest BCUT2D eigenvalue weighted by Crippen LogP contribution is -2.33. The molecule has 1 amide bonds. The number of hydrogen-bond acceptors (Lipinski definition) is 8. The van der Waals surface area contributed by atoms with Crippen LogP contribution in [0.3, 0.4) is 0 Å². The lowest BCUT2D eigenvalue weighted by atomic mass is 10.1. The first-order chi connectivity index (χ1) is 20.2. The third-order valence-corrected chi connectivity index (χ3v) is 8.95. The maximum absolute atomic E-state index is 12.6. The van der Waals surface area contributed by atoms with Gasteiger partial charge in [-0.05, 0) is 87.5 Å². The van der Waals surface area contributed by atoms with Gasteiger partial charge in [0, 0.05) is 52.5 Å². The summed E-state index contributed by atoms with van der Waals surface area (Å²) in [7, 11) is 5.20. The zero-order chi connectivity index (χ0) is 32.3. The number of amides is 1. The molecule has 0 fully saturated rings. The molecule has 0 aliphatic carbocycles. The maximum atomic E-state index is 12.6. The second-order valence-electron chi connectivity index (χ2n) is 11.0. The normalized spacial score (nSPS) is 11.3. The summed E-state index contributed by atoms with van der Waals surface area (Å²) >= 11 is 0. The minimum atomic E-state index is -3.68. The number of anilines is 1. The Bertz CT molecular complexity index is 1480. The van der Waals surface area contributed by atoms with Gasteiger partial charge in [-0.25, -0.2) is 13.4 Å². The molecule has 10 nitrogen and oxygen atoms in total. The molecule has 0 radical (unpaired) electrons. The minimum absolute atomic E-state index is 0.0682. The zero-order valence-electron chi connectivity index (χ0n) is 27.0. The van der Waals surface area contributed by atoms with Gasteiger partial charge in [0.1, 0.15) is 17.4 Å². The molecule has 1 N–H and O–H groups in total. The van der Waals surface area contributed by atoms with E-state index in [0.717, 1.165) is 39.7 Å². The summed E-state index contributed by atoms with van der Waals surface area (Å²) in [6.07, 6.45) is 1.10. The van der Waals surface area contributed by atoms with Crippen LogP contribution in [-0.4, -0.2) is 94.1 Å². The molecule has 0 bridgehead atoms. The molecule has 236 valence electrons. The SMILES string of the molecule is CC(=O)N(C)Cc1ccc2nc(NCCN(C)C)ccc2c1.CCCC(=O)CN(C)S(=O)(=O)c1c(C)cc(OC)cc1C. The molecule has 1 aromatic heterocycles. The number of fused-ring (bicyclic) bond motifs is 1. The average molecular weight is 614 g/mol. The van der Waals surface area contributed by atoms with Crippen molar-refractivity contribution in [2.45, 2.75) is 52.0 Å². The highest BCUT2D eigenvalue weighted by Crippen LogP contribution is 2.27. The number of likely N-dealkylation sites (N-methyl/N-ethyl adjacent to an activating group) is 2. The standard InChI is InChI=1S/C17H24N4O.C15H23NO4S/c1-13(22)21(4)12-14-5-7-16-15(11-14)6-8-17(19-16)18-9-10-20(2)3;1-6-7-13(17)10-16(4)21(18,19)15-11(2)8-14(20-5)9-12(15)3/h5-8,11H,9-10,12H2,1-4H3,(H,18,19);8-9H,6-7,10H2,1-5H3. The zero-order valence-corrected chi connectivity index (χ0v) is 27.8. The number of carbonyl (C=O) groups is 2. The lowest BCUT2D eigenvalue weighted by molar-refractivity contribution is -0.128. The third kappa shape index (κ3) is 10.6. The molecule has 3 aromatic rings. The molecule has 2 aromatic carbocycles. The quantitative estimate of drug-likeness (QED) is 0.300. The van der Waals surface area contributed by atoms with Crippen molar-refractivity contribution >= 4 is 38.4 Å². The summed E-state index contributed by atoms with van der Waals surface area (Å²) in [4.78, 5) is 31.7. The van der Waals surface area contributed by atoms with E-state index in [1.165, 1.54) is 14.2 Å². The van der Waals surface area contributed by atoms with Gasteiger partial charge in [-0.2, -0.15) is 4.31 Å². The first kappa shape index (κ1) is 35.7. The number of methoxy groups -OCH3 is 1. The molecule has 0 aliphatic heterocycles. The van der Waals surface area contributed by atoms with Crippen LogP contribution in [0.5, 0.6) is 5.75 Å². The van der Waals surface area contributed by atoms with E-state index in [4.69, 9.17) is 4.74 Å². The Balaban J connectivity index is 0.000000301. The monoisotopic (exact) mass is 613 g/mol. The van der Waals surface area contributed by atoms with Gasteiger partial charge in [0.15, 0.2) is 0 Å². The maximum Gasteiger partial charge on any atom is 0.243 e. The van der Waals surface area contributed by atoms with E-state index in [1.807, 2.05) is 32.2 Å². The summed E-state index contributed by atoms with van der Waals surface area (Å²) in [5.41, 5.74) is 3.30. The van der Waals surface area contributed by atoms with E-state index < -0.39 is 10.0 Å². The van der Waals surface area contributed by atoms with Crippen molar-refractivity contribution in [3.05, 3.63) is 59.2 Å². The molecule has 11 heteroatoms. The van der Waals surface area contributed by atoms with E-state index in [2.05, 4.69) is 41.4 Å². The summed E-state index contributed by atoms with van der Waals surface area (Å²) in [6.45, 7) is 9.28. The minimum Gasteiger partial charge on any atom is -0.497 e. The molecule has 0 atom stereocenters. The Morgan fingerprint density at radius 2 is 1.63 bits per heavy atom. The van der Waals surface area contributed by atoms with Gasteiger partial charge in [-0.1, -0.05) is 13.0 Å². The van der Waals surface area contributed by atoms with Crippen molar-refractivity contribution in [1.29, 1.82) is 0 Å². The van der Waals surface area contributed by atoms with Crippen molar-refractivity contribution < 1.29 is 22.7 Å². The van der Waals surface area contributed by atoms with Crippen molar-refractivity contribution in [2.75, 3.05) is 60.3 Å². The number of Topliss-reactive ketones (excluding diaryl/α,β-unsaturated/α-hetero) is 1. The highest BCUT2D eigenvalue weighted by molar-refractivity contribution is 7.89. The number of aryl methyl sites for hydroxylation is 2. The number of ether oxygens (including phenoxy) is 1. The van der Waals surface area contributed by atoms with Crippen LogP contribution in [0.25, 0.3) is 10.9 Å². The molecular weight excluding hydrogens is 566 g/mol. The van der Waals surface area contributed by atoms with Crippen LogP contribution in [0, 0.1) is 13.8 Å². The van der Waals surface area contributed by atoms with Gasteiger partial charge < -0.3 is 19.9 Å². The number of ketones is 1. The number of nitrogens with zero attached hydrogens (tertiary/aromatic N) is 4. The predicted octanol–water partition coefficient (Wildman–Crippen LogP) is 4.49. The van der Waals surface area contributed by atoms with Crippen LogP contribution in [-0.2, 0) is 26.2 Å². The fourth-order valence-corrected chi connectivity index (χ4v) is 6.00. The smallest absolute Gasteiger partial charge is 0.243 e. The Kier molecular flexibility index (Phi) is 13.6. The van der Waals surface area contributed by atoms with Crippen molar-refractivity contribution in [3.63, 3.8) is 0 Å². The Morgan fingerprint density at radius 3 is 2.19 bits per heavy atom. The molecule has 0 aliphatic rings. The van der Waals surface area contributed by atoms with E-state index in [1.54, 1.807) is 37.8 Å². The van der Waals surface area contributed by atoms with Gasteiger partial charge in [-0.3, -0.25) is 9.59 Å². The van der Waals surface area contributed by atoms with Crippen LogP contribution in [0.15, 0.2) is 47.4 Å². The molecule has 1 heterocycles. The second-order valence-corrected chi connectivity index (χ2v) is 13.0. The van der Waals surface area contributed by atoms with E-state index in [9.17, 15) is 18.0 Å². The van der Waals surface area contributed by atoms with Gasteiger partial charge >= 0.3 is 0 Å². The predicted molar refractivity (Wildman–Crippen MR) is 173 cm³/mol. The van der Waals surface area contributed by atoms with E-state index >= 15 is 0 Å². The molecule has 0 saturated carbocycles. The van der Waals surface area contributed by atoms with Crippen molar-refractivity contribution in [3.8, 4) is 5.75 Å². The first-order valence-corrected chi connectivity index (χ1v) is 15.8. The number of benzene rings is 2. The Labute approximate surface area is 257 Å². The second kappa shape index (κ2) is 16.3. The molecular formula is C32H47N5O5S. The summed E-state index contributed by atoms with van der Waals surface area (Å²) < 4.78 is 31.5. The van der Waals surface area contributed by atoms with Crippen molar-refractivity contribution in [2.24, 2.45) is 0 Å². The third-order valence-electron chi connectivity index (χ3n) is 6.84. The van der Waals surface area contributed by atoms with Gasteiger partial charge in [0.2, 0.25) is 15.9 Å². The number of sulfonamides is 1. The van der Waals surface area contributed by atoms with Crippen LogP contribution < -0.4 is 10.1 Å². The molecule has 0 saturated heterocycles. The number of carbonyl (C=O) groups excluding carboxylic acids is 2. The van der Waals surface area contributed by atoms with Crippen LogP contribution in [0.2, 0.25) is 0 Å². The number of nitrogens with one attached hydrogen (secondary N) is 1. The molecule has 3 rings (SSSR count). The highest BCUT2D eigenvalue weighted by Gasteiger charge is 2.26. The summed E-state index contributed by atoms with van der Waals surface area (Å²) in [5.74, 6) is 1.50. The van der Waals surface area contributed by atoms with Crippen molar-refractivity contribution in [1.82, 2.24) is 19.1 Å². The largest absolute Gasteiger partial charge is 0.497 e. The molecule has 43 heavy (non-hydrogen) atoms. The Hall–Kier alpha value is -3.54. The molecule has 0 unspecified atom stereocenters. The first-order valence-electron chi connectivity index (χ1n) is 14.3. The number of aromatic nitrogens is 1. The van der Waals surface area contributed by atoms with Crippen LogP contribution in [0.1, 0.15) is 43.4 Å². The number of rotatable bonds is 13. The van der Waals surface area contributed by atoms with E-state index in [0.29, 0.717) is 36.3 Å². The van der Waals surface area contributed by atoms with Crippen LogP contribution >= 0.6 is 0 Å². The summed E-state index contributed by atoms with van der Waals surface area (Å²) in [5, 5.41) is 4.41. The fraction of sp³-hybridized carbons (Fsp3) is 0.469. The van der Waals surface area contributed by atoms with Gasteiger partial charge in [-0.15, -0.1) is 0 Å². The van der Waals surface area contributed by atoms with Crippen LogP contribution in [0.4, 0.5) is 5.82 Å². The summed E-state index contributed by atoms with van der Waals surface area (Å²) in [6, 6.07) is 13.6. The average Bonchev–Trinajstić information content (AvgIpc) is 2.92. The molecule has 0 spiro atoms.